The molecule has 0 bridgehead atoms. The van der Waals surface area contributed by atoms with E-state index in [1.165, 1.54) is 0 Å². The average molecular weight is 402 g/mol. The Morgan fingerprint density at radius 1 is 1.03 bits per heavy atom. The Morgan fingerprint density at radius 2 is 1.69 bits per heavy atom. The molecule has 0 aliphatic carbocycles. The third-order valence-electron chi connectivity index (χ3n) is 4.42. The zero-order valence-electron chi connectivity index (χ0n) is 16.8. The van der Waals surface area contributed by atoms with Gasteiger partial charge in [-0.2, -0.15) is 4.89 Å². The van der Waals surface area contributed by atoms with Crippen LogP contribution in [-0.4, -0.2) is 40.9 Å². The van der Waals surface area contributed by atoms with Gasteiger partial charge in [-0.1, -0.05) is 49.7 Å². The van der Waals surface area contributed by atoms with Gasteiger partial charge in [-0.05, 0) is 18.6 Å². The van der Waals surface area contributed by atoms with Gasteiger partial charge in [-0.3, -0.25) is 9.79 Å². The molecule has 2 rings (SSSR count). The molecule has 0 saturated carbocycles. The normalized spacial score (nSPS) is 11.0. The molecule has 0 aromatic heterocycles. The van der Waals surface area contributed by atoms with Crippen molar-refractivity contribution in [2.75, 3.05) is 19.8 Å². The Balaban J connectivity index is 1.83. The van der Waals surface area contributed by atoms with Gasteiger partial charge in [-0.25, -0.2) is 4.79 Å². The summed E-state index contributed by atoms with van der Waals surface area (Å²) in [4.78, 5) is 23.5. The van der Waals surface area contributed by atoms with Crippen LogP contribution in [0.4, 0.5) is 0 Å². The number of para-hydroxylation sites is 2. The summed E-state index contributed by atoms with van der Waals surface area (Å²) >= 11 is 0. The van der Waals surface area contributed by atoms with Gasteiger partial charge in [0.1, 0.15) is 18.2 Å². The lowest BCUT2D eigenvalue weighted by atomic mass is 10.2. The van der Waals surface area contributed by atoms with Gasteiger partial charge < -0.3 is 15.5 Å². The number of aromatic hydroxyl groups is 2. The van der Waals surface area contributed by atoms with Crippen LogP contribution in [0.5, 0.6) is 11.5 Å². The number of phenols is 2. The van der Waals surface area contributed by atoms with E-state index in [9.17, 15) is 15.0 Å². The summed E-state index contributed by atoms with van der Waals surface area (Å²) in [6, 6.07) is 14.3. The quantitative estimate of drug-likeness (QED) is 0.205. The molecule has 0 radical (unpaired) electrons. The van der Waals surface area contributed by atoms with Gasteiger partial charge in [0.25, 0.3) is 0 Å². The summed E-state index contributed by atoms with van der Waals surface area (Å²) in [5.41, 5.74) is 1.58. The van der Waals surface area contributed by atoms with Crippen LogP contribution >= 0.6 is 0 Å². The van der Waals surface area contributed by atoms with Crippen LogP contribution in [0.1, 0.15) is 37.3 Å². The van der Waals surface area contributed by atoms with E-state index in [1.807, 2.05) is 36.1 Å². The predicted molar refractivity (Wildman–Crippen MR) is 110 cm³/mol. The molecule has 0 fully saturated rings. The number of nitrogens with one attached hydrogen (secondary N) is 1. The second kappa shape index (κ2) is 12.8. The fourth-order valence-electron chi connectivity index (χ4n) is 2.72. The Hall–Kier alpha value is -2.61. The van der Waals surface area contributed by atoms with Gasteiger partial charge in [-0.15, -0.1) is 0 Å². The lowest BCUT2D eigenvalue weighted by Gasteiger charge is -2.22. The molecule has 0 saturated heterocycles. The van der Waals surface area contributed by atoms with Crippen LogP contribution in [0.2, 0.25) is 0 Å². The molecule has 0 aliphatic rings. The summed E-state index contributed by atoms with van der Waals surface area (Å²) < 4.78 is 0. The largest absolute Gasteiger partial charge is 0.508 e. The fourth-order valence-corrected chi connectivity index (χ4v) is 2.72. The maximum atomic E-state index is 11.6. The van der Waals surface area contributed by atoms with E-state index in [0.717, 1.165) is 24.0 Å². The van der Waals surface area contributed by atoms with Gasteiger partial charge >= 0.3 is 5.97 Å². The Kier molecular flexibility index (Phi) is 9.99. The predicted octanol–water partition coefficient (Wildman–Crippen LogP) is 3.31. The minimum atomic E-state index is -0.382. The topological polar surface area (TPSA) is 91.3 Å². The maximum absolute atomic E-state index is 11.6. The smallest absolute Gasteiger partial charge is 0.342 e. The second-order valence-electron chi connectivity index (χ2n) is 6.79. The van der Waals surface area contributed by atoms with Crippen molar-refractivity contribution in [2.24, 2.45) is 0 Å². The minimum Gasteiger partial charge on any atom is -0.508 e. The summed E-state index contributed by atoms with van der Waals surface area (Å²) in [5.74, 6) is 0.0834. The Morgan fingerprint density at radius 3 is 2.34 bits per heavy atom. The molecule has 0 spiro atoms. The van der Waals surface area contributed by atoms with Crippen molar-refractivity contribution >= 4 is 5.97 Å². The number of phenolic OH excluding ortho intramolecular Hbond substituents is 2. The Labute approximate surface area is 171 Å². The maximum Gasteiger partial charge on any atom is 0.342 e. The third-order valence-corrected chi connectivity index (χ3v) is 4.42. The first kappa shape index (κ1) is 22.7. The highest BCUT2D eigenvalue weighted by Crippen LogP contribution is 2.18. The summed E-state index contributed by atoms with van der Waals surface area (Å²) in [5, 5.41) is 23.1. The first-order chi connectivity index (χ1) is 14.1. The number of benzene rings is 2. The van der Waals surface area contributed by atoms with E-state index in [0.29, 0.717) is 32.6 Å². The number of nitrogens with zero attached hydrogens (tertiary/aromatic N) is 1. The fraction of sp³-hybridized carbons (Fsp3) is 0.409. The number of hydrogen-bond acceptors (Lipinski definition) is 7. The highest BCUT2D eigenvalue weighted by Gasteiger charge is 2.11. The molecule has 0 amide bonds. The van der Waals surface area contributed by atoms with E-state index >= 15 is 0 Å². The number of carbonyl (C=O) groups excluding carboxylic acids is 1. The average Bonchev–Trinajstić information content (AvgIpc) is 2.72. The zero-order chi connectivity index (χ0) is 20.9. The standard InChI is InChI=1S/C22H30N2O5/c1-2-3-12-22(27)29-28-17-24(16-19-9-5-7-11-21(19)26)14-13-23-15-18-8-4-6-10-20(18)25/h4-11,23,25-26H,2-3,12-17H2,1H3. The molecule has 7 heteroatoms. The van der Waals surface area contributed by atoms with Crippen LogP contribution in [0.3, 0.4) is 0 Å². The third kappa shape index (κ3) is 8.51. The van der Waals surface area contributed by atoms with Crippen molar-refractivity contribution in [2.45, 2.75) is 39.3 Å². The summed E-state index contributed by atoms with van der Waals surface area (Å²) in [6.45, 7) is 4.28. The molecule has 0 atom stereocenters. The van der Waals surface area contributed by atoms with Crippen LogP contribution in [0, 0.1) is 0 Å². The summed E-state index contributed by atoms with van der Waals surface area (Å²) in [7, 11) is 0. The SMILES string of the molecule is CCCCC(=O)OOCN(CCNCc1ccccc1O)Cc1ccccc1O. The summed E-state index contributed by atoms with van der Waals surface area (Å²) in [6.07, 6.45) is 2.01. The van der Waals surface area contributed by atoms with Gasteiger partial charge in [0.15, 0.2) is 0 Å². The van der Waals surface area contributed by atoms with E-state index in [-0.39, 0.29) is 24.2 Å². The van der Waals surface area contributed by atoms with Crippen molar-refractivity contribution in [1.29, 1.82) is 0 Å². The van der Waals surface area contributed by atoms with Crippen LogP contribution in [0.25, 0.3) is 0 Å². The van der Waals surface area contributed by atoms with E-state index in [2.05, 4.69) is 5.32 Å². The molecule has 0 heterocycles. The lowest BCUT2D eigenvalue weighted by molar-refractivity contribution is -0.291. The minimum absolute atomic E-state index is 0.0878. The highest BCUT2D eigenvalue weighted by atomic mass is 17.2. The number of carbonyl (C=O) groups is 1. The van der Waals surface area contributed by atoms with Crippen LogP contribution in [-0.2, 0) is 27.7 Å². The number of hydrogen-bond donors (Lipinski definition) is 3. The molecule has 7 nitrogen and oxygen atoms in total. The molecule has 0 unspecified atom stereocenters. The van der Waals surface area contributed by atoms with E-state index in [4.69, 9.17) is 9.78 Å². The second-order valence-corrected chi connectivity index (χ2v) is 6.79. The molecular weight excluding hydrogens is 372 g/mol. The molecule has 158 valence electrons. The molecule has 2 aromatic rings. The number of unbranched alkanes of at least 4 members (excludes halogenated alkanes) is 1. The monoisotopic (exact) mass is 402 g/mol. The molecule has 3 N–H and O–H groups in total. The van der Waals surface area contributed by atoms with Crippen LogP contribution in [0.15, 0.2) is 48.5 Å². The molecular formula is C22H30N2O5. The van der Waals surface area contributed by atoms with Crippen LogP contribution < -0.4 is 5.32 Å². The van der Waals surface area contributed by atoms with Crippen molar-refractivity contribution < 1.29 is 24.8 Å². The lowest BCUT2D eigenvalue weighted by Crippen LogP contribution is -2.33. The van der Waals surface area contributed by atoms with Gasteiger partial charge in [0.05, 0.1) is 0 Å². The van der Waals surface area contributed by atoms with Crippen molar-refractivity contribution in [1.82, 2.24) is 10.2 Å². The highest BCUT2D eigenvalue weighted by molar-refractivity contribution is 5.68. The zero-order valence-corrected chi connectivity index (χ0v) is 16.8. The molecule has 2 aromatic carbocycles. The van der Waals surface area contributed by atoms with Gasteiger partial charge in [0, 0.05) is 43.7 Å². The Bertz CT molecular complexity index is 753. The molecule has 29 heavy (non-hydrogen) atoms. The van der Waals surface area contributed by atoms with Crippen molar-refractivity contribution in [3.05, 3.63) is 59.7 Å². The molecule has 0 aliphatic heterocycles. The van der Waals surface area contributed by atoms with E-state index in [1.54, 1.807) is 24.3 Å². The first-order valence-corrected chi connectivity index (χ1v) is 9.89. The number of rotatable bonds is 13. The van der Waals surface area contributed by atoms with Gasteiger partial charge in [0.2, 0.25) is 0 Å². The first-order valence-electron chi connectivity index (χ1n) is 9.89. The van der Waals surface area contributed by atoms with Crippen molar-refractivity contribution in [3.63, 3.8) is 0 Å². The van der Waals surface area contributed by atoms with Crippen molar-refractivity contribution in [3.8, 4) is 11.5 Å². The van der Waals surface area contributed by atoms with E-state index < -0.39 is 0 Å².